The van der Waals surface area contributed by atoms with E-state index < -0.39 is 5.97 Å². The third kappa shape index (κ3) is 2.45. The predicted molar refractivity (Wildman–Crippen MR) is 64.7 cm³/mol. The van der Waals surface area contributed by atoms with E-state index in [0.717, 1.165) is 5.56 Å². The van der Waals surface area contributed by atoms with Gasteiger partial charge in [-0.15, -0.1) is 11.8 Å². The molecule has 1 saturated heterocycles. The first-order chi connectivity index (χ1) is 8.13. The minimum absolute atomic E-state index is 0.0609. The summed E-state index contributed by atoms with van der Waals surface area (Å²) in [4.78, 5) is 11.5. The highest BCUT2D eigenvalue weighted by Gasteiger charge is 2.31. The van der Waals surface area contributed by atoms with E-state index in [-0.39, 0.29) is 17.8 Å². The van der Waals surface area contributed by atoms with Crippen LogP contribution in [0.25, 0.3) is 0 Å². The van der Waals surface area contributed by atoms with Crippen molar-refractivity contribution in [2.45, 2.75) is 17.4 Å². The molecule has 17 heavy (non-hydrogen) atoms. The molecule has 1 aromatic rings. The number of hydrogen-bond donors (Lipinski definition) is 2. The number of halogens is 1. The molecule has 2 unspecified atom stereocenters. The van der Waals surface area contributed by atoms with Crippen molar-refractivity contribution < 1.29 is 14.3 Å². The van der Waals surface area contributed by atoms with Crippen molar-refractivity contribution in [3.63, 3.8) is 0 Å². The van der Waals surface area contributed by atoms with Crippen LogP contribution in [0, 0.1) is 11.7 Å². The number of carbonyl (C=O) groups is 1. The molecule has 0 amide bonds. The van der Waals surface area contributed by atoms with Crippen molar-refractivity contribution >= 4 is 17.7 Å². The van der Waals surface area contributed by atoms with E-state index in [2.05, 4.69) is 5.32 Å². The van der Waals surface area contributed by atoms with Gasteiger partial charge in [0.05, 0.1) is 5.92 Å². The van der Waals surface area contributed by atoms with Gasteiger partial charge < -0.3 is 10.4 Å². The molecule has 0 radical (unpaired) electrons. The lowest BCUT2D eigenvalue weighted by Crippen LogP contribution is -2.17. The van der Waals surface area contributed by atoms with Crippen LogP contribution in [0.3, 0.4) is 0 Å². The van der Waals surface area contributed by atoms with E-state index in [1.54, 1.807) is 6.07 Å². The molecule has 0 aliphatic carbocycles. The number of rotatable bonds is 3. The number of benzene rings is 1. The van der Waals surface area contributed by atoms with Gasteiger partial charge in [-0.2, -0.15) is 0 Å². The van der Waals surface area contributed by atoms with Gasteiger partial charge in [0, 0.05) is 17.5 Å². The third-order valence-electron chi connectivity index (χ3n) is 3.06. The van der Waals surface area contributed by atoms with E-state index in [0.29, 0.717) is 17.9 Å². The molecular weight excluding hydrogens is 241 g/mol. The normalized spacial score (nSPS) is 23.9. The quantitative estimate of drug-likeness (QED) is 0.814. The fourth-order valence-corrected chi connectivity index (χ4v) is 2.89. The molecule has 1 aliphatic heterocycles. The average Bonchev–Trinajstić information content (AvgIpc) is 2.77. The summed E-state index contributed by atoms with van der Waals surface area (Å²) >= 11 is 1.36. The van der Waals surface area contributed by atoms with Gasteiger partial charge in [0.1, 0.15) is 5.82 Å². The largest absolute Gasteiger partial charge is 0.481 e. The summed E-state index contributed by atoms with van der Waals surface area (Å²) in [7, 11) is 0. The third-order valence-corrected chi connectivity index (χ3v) is 3.90. The highest BCUT2D eigenvalue weighted by molar-refractivity contribution is 7.98. The Labute approximate surface area is 103 Å². The standard InChI is InChI=1S/C12H14FNO2S/c1-17-11-8(3-2-4-9(11)13)10-5-7(6-14-10)12(15)16/h2-4,7,10,14H,5-6H2,1H3,(H,15,16). The van der Waals surface area contributed by atoms with Crippen LogP contribution in [0.15, 0.2) is 23.1 Å². The minimum Gasteiger partial charge on any atom is -0.481 e. The van der Waals surface area contributed by atoms with Gasteiger partial charge in [0.25, 0.3) is 0 Å². The second-order valence-electron chi connectivity index (χ2n) is 4.09. The molecule has 0 bridgehead atoms. The molecule has 1 heterocycles. The van der Waals surface area contributed by atoms with Gasteiger partial charge in [0.2, 0.25) is 0 Å². The zero-order valence-corrected chi connectivity index (χ0v) is 10.3. The lowest BCUT2D eigenvalue weighted by molar-refractivity contribution is -0.141. The first-order valence-corrected chi connectivity index (χ1v) is 6.64. The highest BCUT2D eigenvalue weighted by atomic mass is 32.2. The maximum Gasteiger partial charge on any atom is 0.307 e. The smallest absolute Gasteiger partial charge is 0.307 e. The summed E-state index contributed by atoms with van der Waals surface area (Å²) < 4.78 is 13.6. The lowest BCUT2D eigenvalue weighted by atomic mass is 10.00. The zero-order chi connectivity index (χ0) is 12.4. The average molecular weight is 255 g/mol. The minimum atomic E-state index is -0.790. The Hall–Kier alpha value is -1.07. The monoisotopic (exact) mass is 255 g/mol. The SMILES string of the molecule is CSc1c(F)cccc1C1CC(C(=O)O)CN1. The molecule has 1 aromatic carbocycles. The highest BCUT2D eigenvalue weighted by Crippen LogP contribution is 2.34. The van der Waals surface area contributed by atoms with Crippen LogP contribution in [0.4, 0.5) is 4.39 Å². The van der Waals surface area contributed by atoms with Gasteiger partial charge in [-0.1, -0.05) is 12.1 Å². The van der Waals surface area contributed by atoms with Crippen LogP contribution in [0.1, 0.15) is 18.0 Å². The molecule has 2 rings (SSSR count). The van der Waals surface area contributed by atoms with Gasteiger partial charge in [-0.25, -0.2) is 4.39 Å². The zero-order valence-electron chi connectivity index (χ0n) is 9.44. The van der Waals surface area contributed by atoms with Crippen molar-refractivity contribution in [1.82, 2.24) is 5.32 Å². The molecule has 0 spiro atoms. The molecule has 2 atom stereocenters. The second-order valence-corrected chi connectivity index (χ2v) is 4.91. The lowest BCUT2D eigenvalue weighted by Gasteiger charge is -2.15. The van der Waals surface area contributed by atoms with E-state index in [1.165, 1.54) is 17.8 Å². The van der Waals surface area contributed by atoms with Crippen LogP contribution in [0.5, 0.6) is 0 Å². The number of nitrogens with one attached hydrogen (secondary N) is 1. The number of hydrogen-bond acceptors (Lipinski definition) is 3. The first-order valence-electron chi connectivity index (χ1n) is 5.42. The van der Waals surface area contributed by atoms with Crippen molar-refractivity contribution in [1.29, 1.82) is 0 Å². The van der Waals surface area contributed by atoms with E-state index in [4.69, 9.17) is 5.11 Å². The Morgan fingerprint density at radius 3 is 2.94 bits per heavy atom. The summed E-state index contributed by atoms with van der Waals surface area (Å²) in [5.74, 6) is -1.41. The summed E-state index contributed by atoms with van der Waals surface area (Å²) in [5.41, 5.74) is 0.862. The molecule has 3 nitrogen and oxygen atoms in total. The Kier molecular flexibility index (Phi) is 3.69. The van der Waals surface area contributed by atoms with Crippen LogP contribution in [0.2, 0.25) is 0 Å². The Morgan fingerprint density at radius 2 is 2.35 bits per heavy atom. The van der Waals surface area contributed by atoms with E-state index in [9.17, 15) is 9.18 Å². The Bertz CT molecular complexity index is 439. The Morgan fingerprint density at radius 1 is 1.59 bits per heavy atom. The van der Waals surface area contributed by atoms with Crippen molar-refractivity contribution in [3.8, 4) is 0 Å². The van der Waals surface area contributed by atoms with Crippen molar-refractivity contribution in [3.05, 3.63) is 29.6 Å². The number of carboxylic acids is 1. The van der Waals surface area contributed by atoms with Gasteiger partial charge in [-0.05, 0) is 24.3 Å². The fraction of sp³-hybridized carbons (Fsp3) is 0.417. The van der Waals surface area contributed by atoms with Gasteiger partial charge >= 0.3 is 5.97 Å². The molecule has 5 heteroatoms. The number of aliphatic carboxylic acids is 1. The van der Waals surface area contributed by atoms with Crippen LogP contribution >= 0.6 is 11.8 Å². The summed E-state index contributed by atoms with van der Waals surface area (Å²) in [6, 6.07) is 4.89. The maximum absolute atomic E-state index is 13.6. The molecule has 1 aliphatic rings. The predicted octanol–water partition coefficient (Wildman–Crippen LogP) is 2.28. The molecule has 0 saturated carbocycles. The van der Waals surface area contributed by atoms with Crippen molar-refractivity contribution in [2.75, 3.05) is 12.8 Å². The molecule has 2 N–H and O–H groups in total. The molecule has 0 aromatic heterocycles. The van der Waals surface area contributed by atoms with Crippen LogP contribution < -0.4 is 5.32 Å². The summed E-state index contributed by atoms with van der Waals surface area (Å²) in [5, 5.41) is 12.1. The molecular formula is C12H14FNO2S. The summed E-state index contributed by atoms with van der Waals surface area (Å²) in [6.45, 7) is 0.449. The van der Waals surface area contributed by atoms with Crippen LogP contribution in [-0.2, 0) is 4.79 Å². The summed E-state index contributed by atoms with van der Waals surface area (Å²) in [6.07, 6.45) is 2.35. The van der Waals surface area contributed by atoms with E-state index >= 15 is 0 Å². The van der Waals surface area contributed by atoms with E-state index in [1.807, 2.05) is 12.3 Å². The Balaban J connectivity index is 2.24. The topological polar surface area (TPSA) is 49.3 Å². The van der Waals surface area contributed by atoms with Gasteiger partial charge in [0.15, 0.2) is 0 Å². The fourth-order valence-electron chi connectivity index (χ4n) is 2.18. The van der Waals surface area contributed by atoms with Crippen molar-refractivity contribution in [2.24, 2.45) is 5.92 Å². The van der Waals surface area contributed by atoms with Crippen LogP contribution in [-0.4, -0.2) is 23.9 Å². The number of thioether (sulfide) groups is 1. The maximum atomic E-state index is 13.6. The second kappa shape index (κ2) is 5.06. The molecule has 1 fully saturated rings. The number of carboxylic acid groups (broad SMARTS) is 1. The first kappa shape index (κ1) is 12.4. The van der Waals surface area contributed by atoms with Gasteiger partial charge in [-0.3, -0.25) is 4.79 Å². The molecule has 92 valence electrons.